The van der Waals surface area contributed by atoms with E-state index in [0.717, 1.165) is 51.0 Å². The number of nitrogens with one attached hydrogen (secondary N) is 1. The zero-order valence-corrected chi connectivity index (χ0v) is 17.8. The molecule has 0 bridgehead atoms. The van der Waals surface area contributed by atoms with Crippen molar-refractivity contribution in [3.05, 3.63) is 46.5 Å². The zero-order chi connectivity index (χ0) is 20.1. The molecule has 1 aromatic rings. The number of nitrogens with zero attached hydrogens (tertiary/aromatic N) is 2. The summed E-state index contributed by atoms with van der Waals surface area (Å²) in [5.74, 6) is 0.419. The number of allylic oxidation sites excluding steroid dienone is 3. The standard InChI is InChI=1S/C22H30ClN3O2/c1-25(2)20-14-21(28-3)18(13-19(20)23)22(27)24-17-9-11-26(12-10-17)15-16-7-5-4-6-8-16/h4-5,8,13-14,17H,6-7,9-12,15H2,1-3H3,(H,24,27). The van der Waals surface area contributed by atoms with E-state index in [0.29, 0.717) is 16.3 Å². The summed E-state index contributed by atoms with van der Waals surface area (Å²) < 4.78 is 5.44. The number of carbonyl (C=O) groups is 1. The van der Waals surface area contributed by atoms with E-state index < -0.39 is 0 Å². The largest absolute Gasteiger partial charge is 0.496 e. The van der Waals surface area contributed by atoms with Crippen LogP contribution < -0.4 is 15.0 Å². The second kappa shape index (κ2) is 9.48. The van der Waals surface area contributed by atoms with Crippen LogP contribution in [-0.2, 0) is 0 Å². The zero-order valence-electron chi connectivity index (χ0n) is 17.0. The Balaban J connectivity index is 1.57. The molecule has 1 heterocycles. The molecule has 0 unspecified atom stereocenters. The van der Waals surface area contributed by atoms with Crippen molar-refractivity contribution in [2.24, 2.45) is 0 Å². The highest BCUT2D eigenvalue weighted by atomic mass is 35.5. The monoisotopic (exact) mass is 403 g/mol. The van der Waals surface area contributed by atoms with Crippen LogP contribution in [0.2, 0.25) is 5.02 Å². The van der Waals surface area contributed by atoms with Crippen LogP contribution in [0.1, 0.15) is 36.0 Å². The summed E-state index contributed by atoms with van der Waals surface area (Å²) in [6, 6.07) is 3.69. The summed E-state index contributed by atoms with van der Waals surface area (Å²) in [7, 11) is 5.40. The van der Waals surface area contributed by atoms with Gasteiger partial charge in [-0.3, -0.25) is 9.69 Å². The molecule has 0 aromatic heterocycles. The summed E-state index contributed by atoms with van der Waals surface area (Å²) >= 11 is 6.36. The molecule has 28 heavy (non-hydrogen) atoms. The molecule has 1 N–H and O–H groups in total. The quantitative estimate of drug-likeness (QED) is 0.732. The van der Waals surface area contributed by atoms with Gasteiger partial charge in [-0.05, 0) is 31.7 Å². The van der Waals surface area contributed by atoms with Crippen molar-refractivity contribution in [1.29, 1.82) is 0 Å². The topological polar surface area (TPSA) is 44.8 Å². The van der Waals surface area contributed by atoms with Crippen molar-refractivity contribution >= 4 is 23.2 Å². The first-order chi connectivity index (χ1) is 13.5. The third kappa shape index (κ3) is 5.09. The Labute approximate surface area is 173 Å². The molecule has 0 saturated carbocycles. The Morgan fingerprint density at radius 3 is 2.64 bits per heavy atom. The van der Waals surface area contributed by atoms with Gasteiger partial charge in [-0.25, -0.2) is 0 Å². The van der Waals surface area contributed by atoms with Gasteiger partial charge in [0.2, 0.25) is 0 Å². The maximum atomic E-state index is 12.8. The van der Waals surface area contributed by atoms with Gasteiger partial charge in [0, 0.05) is 45.8 Å². The fourth-order valence-corrected chi connectivity index (χ4v) is 4.13. The Bertz CT molecular complexity index is 765. The van der Waals surface area contributed by atoms with Gasteiger partial charge in [0.05, 0.1) is 23.4 Å². The van der Waals surface area contributed by atoms with E-state index in [-0.39, 0.29) is 11.9 Å². The lowest BCUT2D eigenvalue weighted by Gasteiger charge is -2.33. The molecule has 0 radical (unpaired) electrons. The molecule has 1 aromatic carbocycles. The van der Waals surface area contributed by atoms with Crippen LogP contribution in [0.4, 0.5) is 5.69 Å². The summed E-state index contributed by atoms with van der Waals surface area (Å²) in [6.07, 6.45) is 10.8. The third-order valence-corrected chi connectivity index (χ3v) is 5.74. The van der Waals surface area contributed by atoms with Gasteiger partial charge >= 0.3 is 0 Å². The number of anilines is 1. The molecule has 1 amide bonds. The Kier molecular flexibility index (Phi) is 7.03. The van der Waals surface area contributed by atoms with Crippen LogP contribution in [0.5, 0.6) is 5.75 Å². The smallest absolute Gasteiger partial charge is 0.255 e. The van der Waals surface area contributed by atoms with E-state index in [1.807, 2.05) is 25.1 Å². The van der Waals surface area contributed by atoms with E-state index in [1.54, 1.807) is 13.2 Å². The van der Waals surface area contributed by atoms with Crippen molar-refractivity contribution in [2.75, 3.05) is 45.7 Å². The number of methoxy groups -OCH3 is 1. The van der Waals surface area contributed by atoms with Crippen LogP contribution >= 0.6 is 11.6 Å². The fourth-order valence-electron chi connectivity index (χ4n) is 3.80. The molecule has 152 valence electrons. The minimum Gasteiger partial charge on any atom is -0.496 e. The van der Waals surface area contributed by atoms with Crippen molar-refractivity contribution in [3.8, 4) is 5.75 Å². The minimum absolute atomic E-state index is 0.123. The number of likely N-dealkylation sites (tertiary alicyclic amines) is 1. The van der Waals surface area contributed by atoms with Crippen LogP contribution in [-0.4, -0.2) is 57.7 Å². The normalized spacial score (nSPS) is 17.9. The van der Waals surface area contributed by atoms with Crippen LogP contribution in [0.3, 0.4) is 0 Å². The second-order valence-corrected chi connectivity index (χ2v) is 8.10. The van der Waals surface area contributed by atoms with Gasteiger partial charge in [-0.1, -0.05) is 35.4 Å². The highest BCUT2D eigenvalue weighted by Crippen LogP contribution is 2.32. The van der Waals surface area contributed by atoms with Gasteiger partial charge in [-0.2, -0.15) is 0 Å². The molecular formula is C22H30ClN3O2. The molecule has 1 aliphatic carbocycles. The summed E-state index contributed by atoms with van der Waals surface area (Å²) in [5, 5.41) is 3.71. The number of amides is 1. The minimum atomic E-state index is -0.123. The van der Waals surface area contributed by atoms with Gasteiger partial charge < -0.3 is 15.0 Å². The molecule has 6 heteroatoms. The van der Waals surface area contributed by atoms with Crippen molar-refractivity contribution < 1.29 is 9.53 Å². The van der Waals surface area contributed by atoms with E-state index >= 15 is 0 Å². The molecule has 0 atom stereocenters. The van der Waals surface area contributed by atoms with Gasteiger partial charge in [0.15, 0.2) is 0 Å². The van der Waals surface area contributed by atoms with E-state index in [4.69, 9.17) is 16.3 Å². The number of carbonyl (C=O) groups excluding carboxylic acids is 1. The maximum absolute atomic E-state index is 12.8. The van der Waals surface area contributed by atoms with Gasteiger partial charge in [-0.15, -0.1) is 0 Å². The lowest BCUT2D eigenvalue weighted by molar-refractivity contribution is 0.0910. The third-order valence-electron chi connectivity index (χ3n) is 5.43. The first kappa shape index (κ1) is 20.7. The SMILES string of the molecule is COc1cc(N(C)C)c(Cl)cc1C(=O)NC1CCN(CC2=CCC=CC2)CC1. The number of hydrogen-bond donors (Lipinski definition) is 1. The number of benzene rings is 1. The van der Waals surface area contributed by atoms with E-state index in [9.17, 15) is 4.79 Å². The number of ether oxygens (including phenoxy) is 1. The predicted octanol–water partition coefficient (Wildman–Crippen LogP) is 3.89. The summed E-state index contributed by atoms with van der Waals surface area (Å²) in [6.45, 7) is 3.05. The Hall–Kier alpha value is -1.98. The highest BCUT2D eigenvalue weighted by Gasteiger charge is 2.24. The molecule has 3 rings (SSSR count). The Morgan fingerprint density at radius 1 is 1.29 bits per heavy atom. The van der Waals surface area contributed by atoms with E-state index in [2.05, 4.69) is 28.4 Å². The molecule has 2 aliphatic rings. The average Bonchev–Trinajstić information content (AvgIpc) is 2.69. The molecule has 0 spiro atoms. The average molecular weight is 404 g/mol. The first-order valence-electron chi connectivity index (χ1n) is 9.89. The summed E-state index contributed by atoms with van der Waals surface area (Å²) in [4.78, 5) is 17.2. The molecular weight excluding hydrogens is 374 g/mol. The lowest BCUT2D eigenvalue weighted by Crippen LogP contribution is -2.45. The first-order valence-corrected chi connectivity index (χ1v) is 10.3. The molecule has 1 fully saturated rings. The van der Waals surface area contributed by atoms with E-state index in [1.165, 1.54) is 5.57 Å². The number of hydrogen-bond acceptors (Lipinski definition) is 4. The summed E-state index contributed by atoms with van der Waals surface area (Å²) in [5.41, 5.74) is 2.82. The fraction of sp³-hybridized carbons (Fsp3) is 0.500. The molecule has 5 nitrogen and oxygen atoms in total. The van der Waals surface area contributed by atoms with Crippen LogP contribution in [0.25, 0.3) is 0 Å². The highest BCUT2D eigenvalue weighted by molar-refractivity contribution is 6.33. The Morgan fingerprint density at radius 2 is 2.04 bits per heavy atom. The predicted molar refractivity (Wildman–Crippen MR) is 116 cm³/mol. The molecule has 1 saturated heterocycles. The molecule has 1 aliphatic heterocycles. The number of rotatable bonds is 6. The van der Waals surface area contributed by atoms with Gasteiger partial charge in [0.1, 0.15) is 5.75 Å². The number of halogens is 1. The second-order valence-electron chi connectivity index (χ2n) is 7.70. The van der Waals surface area contributed by atoms with Crippen molar-refractivity contribution in [2.45, 2.75) is 31.7 Å². The van der Waals surface area contributed by atoms with Crippen molar-refractivity contribution in [3.63, 3.8) is 0 Å². The van der Waals surface area contributed by atoms with Crippen LogP contribution in [0, 0.1) is 0 Å². The van der Waals surface area contributed by atoms with Crippen molar-refractivity contribution in [1.82, 2.24) is 10.2 Å². The maximum Gasteiger partial charge on any atom is 0.255 e. The van der Waals surface area contributed by atoms with Gasteiger partial charge in [0.25, 0.3) is 5.91 Å². The number of piperidine rings is 1. The lowest BCUT2D eigenvalue weighted by atomic mass is 10.0. The van der Waals surface area contributed by atoms with Crippen LogP contribution in [0.15, 0.2) is 35.9 Å².